The zero-order valence-corrected chi connectivity index (χ0v) is 16.8. The molecule has 0 aliphatic heterocycles. The smallest absolute Gasteiger partial charge is 0.194 e. The van der Waals surface area contributed by atoms with E-state index in [0.717, 1.165) is 17.8 Å². The van der Waals surface area contributed by atoms with E-state index in [9.17, 15) is 4.79 Å². The number of nitrogens with zero attached hydrogens (tertiary/aromatic N) is 1. The van der Waals surface area contributed by atoms with E-state index in [-0.39, 0.29) is 21.5 Å². The highest BCUT2D eigenvalue weighted by molar-refractivity contribution is 6.40. The molecule has 1 aliphatic rings. The Hall–Kier alpha value is -2.82. The Balaban J connectivity index is 1.94. The minimum absolute atomic E-state index is 0.0850. The van der Waals surface area contributed by atoms with Crippen LogP contribution in [0.3, 0.4) is 0 Å². The van der Waals surface area contributed by atoms with Crippen molar-refractivity contribution < 1.29 is 4.79 Å². The van der Waals surface area contributed by atoms with Crippen molar-refractivity contribution in [3.05, 3.63) is 106 Å². The summed E-state index contributed by atoms with van der Waals surface area (Å²) in [5.74, 6) is 0.150. The molecule has 0 amide bonds. The van der Waals surface area contributed by atoms with Crippen LogP contribution in [0, 0.1) is 6.92 Å². The average molecular weight is 412 g/mol. The van der Waals surface area contributed by atoms with Gasteiger partial charge in [0.1, 0.15) is 11.0 Å². The summed E-state index contributed by atoms with van der Waals surface area (Å²) in [5, 5.41) is 6.82. The van der Waals surface area contributed by atoms with Gasteiger partial charge in [-0.3, -0.25) is 4.79 Å². The molecule has 1 heterocycles. The summed E-state index contributed by atoms with van der Waals surface area (Å²) >= 11 is 12.4. The minimum atomic E-state index is -0.345. The van der Waals surface area contributed by atoms with Crippen molar-refractivity contribution in [1.82, 2.24) is 10.3 Å². The van der Waals surface area contributed by atoms with Gasteiger partial charge in [-0.2, -0.15) is 0 Å². The molecule has 0 saturated heterocycles. The highest BCUT2D eigenvalue weighted by Crippen LogP contribution is 2.25. The predicted octanol–water partition coefficient (Wildman–Crippen LogP) is 5.82. The second kappa shape index (κ2) is 9.40. The summed E-state index contributed by atoms with van der Waals surface area (Å²) in [5.41, 5.74) is 2.50. The van der Waals surface area contributed by atoms with Crippen molar-refractivity contribution in [2.24, 2.45) is 0 Å². The summed E-state index contributed by atoms with van der Waals surface area (Å²) < 4.78 is 0. The number of pyridine rings is 1. The fourth-order valence-corrected chi connectivity index (χ4v) is 3.34. The lowest BCUT2D eigenvalue weighted by Gasteiger charge is -2.15. The molecule has 28 heavy (non-hydrogen) atoms. The molecule has 4 nitrogen and oxygen atoms in total. The van der Waals surface area contributed by atoms with E-state index < -0.39 is 0 Å². The van der Waals surface area contributed by atoms with Crippen molar-refractivity contribution in [2.45, 2.75) is 13.3 Å². The monoisotopic (exact) mass is 411 g/mol. The number of ketones is 1. The Morgan fingerprint density at radius 2 is 1.93 bits per heavy atom. The van der Waals surface area contributed by atoms with Crippen LogP contribution in [0.1, 0.15) is 22.5 Å². The predicted molar refractivity (Wildman–Crippen MR) is 116 cm³/mol. The maximum absolute atomic E-state index is 12.9. The Morgan fingerprint density at radius 3 is 2.68 bits per heavy atom. The molecule has 1 aromatic carbocycles. The Morgan fingerprint density at radius 1 is 1.14 bits per heavy atom. The third-order valence-electron chi connectivity index (χ3n) is 3.89. The molecule has 3 rings (SSSR count). The van der Waals surface area contributed by atoms with Crippen molar-refractivity contribution in [3.63, 3.8) is 0 Å². The molecule has 0 spiro atoms. The molecule has 0 unspecified atom stereocenters. The first-order chi connectivity index (χ1) is 13.5. The van der Waals surface area contributed by atoms with Gasteiger partial charge in [-0.05, 0) is 43.7 Å². The Kier molecular flexibility index (Phi) is 6.69. The molecular formula is C22H19Cl2N3O. The van der Waals surface area contributed by atoms with Gasteiger partial charge in [-0.15, -0.1) is 0 Å². The highest BCUT2D eigenvalue weighted by Gasteiger charge is 2.16. The van der Waals surface area contributed by atoms with Gasteiger partial charge in [-0.1, -0.05) is 59.6 Å². The van der Waals surface area contributed by atoms with Crippen molar-refractivity contribution in [2.75, 3.05) is 5.32 Å². The molecule has 0 saturated carbocycles. The largest absolute Gasteiger partial charge is 0.342 e. The van der Waals surface area contributed by atoms with Crippen LogP contribution < -0.4 is 10.6 Å². The van der Waals surface area contributed by atoms with E-state index in [4.69, 9.17) is 23.2 Å². The number of hydrogen-bond donors (Lipinski definition) is 2. The van der Waals surface area contributed by atoms with Crippen LogP contribution in [0.25, 0.3) is 0 Å². The maximum Gasteiger partial charge on any atom is 0.194 e. The number of aromatic nitrogens is 1. The zero-order valence-electron chi connectivity index (χ0n) is 15.2. The second-order valence-corrected chi connectivity index (χ2v) is 6.90. The fourth-order valence-electron chi connectivity index (χ4n) is 2.62. The third kappa shape index (κ3) is 5.35. The third-order valence-corrected chi connectivity index (χ3v) is 4.46. The molecule has 6 heteroatoms. The molecule has 142 valence electrons. The number of rotatable bonds is 6. The van der Waals surface area contributed by atoms with Gasteiger partial charge in [-0.25, -0.2) is 4.98 Å². The van der Waals surface area contributed by atoms with Gasteiger partial charge in [0.15, 0.2) is 5.78 Å². The summed E-state index contributed by atoms with van der Waals surface area (Å²) in [6, 6.07) is 11.2. The van der Waals surface area contributed by atoms with Crippen LogP contribution in [0.15, 0.2) is 84.4 Å². The molecule has 0 fully saturated rings. The van der Waals surface area contributed by atoms with Gasteiger partial charge in [0.25, 0.3) is 0 Å². The quantitative estimate of drug-likeness (QED) is 0.357. The molecule has 2 aromatic rings. The number of hydrogen-bond acceptors (Lipinski definition) is 4. The van der Waals surface area contributed by atoms with Crippen LogP contribution in [-0.4, -0.2) is 10.8 Å². The Bertz CT molecular complexity index is 969. The van der Waals surface area contributed by atoms with Crippen LogP contribution in [0.2, 0.25) is 10.2 Å². The van der Waals surface area contributed by atoms with Gasteiger partial charge in [0, 0.05) is 23.2 Å². The minimum Gasteiger partial charge on any atom is -0.342 e. The van der Waals surface area contributed by atoms with E-state index in [1.54, 1.807) is 13.0 Å². The zero-order chi connectivity index (χ0) is 19.9. The number of benzene rings is 1. The van der Waals surface area contributed by atoms with Gasteiger partial charge >= 0.3 is 0 Å². The average Bonchev–Trinajstić information content (AvgIpc) is 2.90. The van der Waals surface area contributed by atoms with Crippen molar-refractivity contribution in [3.8, 4) is 0 Å². The van der Waals surface area contributed by atoms with Gasteiger partial charge < -0.3 is 10.6 Å². The molecule has 2 N–H and O–H groups in total. The van der Waals surface area contributed by atoms with Crippen molar-refractivity contribution >= 4 is 34.7 Å². The topological polar surface area (TPSA) is 54.0 Å². The number of nitrogens with one attached hydrogen (secondary N) is 2. The lowest BCUT2D eigenvalue weighted by molar-refractivity contribution is 0.104. The molecule has 0 radical (unpaired) electrons. The SMILES string of the molecule is Cc1cc(Cl)c(C(=O)/C=C(/NC2=CC=CCC=C2)Nc2ccccc2)c(Cl)n1. The standard InChI is InChI=1S/C22H19Cl2N3O/c1-15-13-18(23)21(22(24)25-15)19(28)14-20(27-17-11-7-4-8-12-17)26-16-9-5-2-3-6-10-16/h2,4-14,26-27H,3H2,1H3/b20-14-. The number of aryl methyl sites for hydroxylation is 1. The number of halogens is 2. The summed E-state index contributed by atoms with van der Waals surface area (Å²) in [6.45, 7) is 1.77. The van der Waals surface area contributed by atoms with E-state index in [1.165, 1.54) is 6.08 Å². The van der Waals surface area contributed by atoms with E-state index in [0.29, 0.717) is 11.5 Å². The molecule has 1 aromatic heterocycles. The summed E-state index contributed by atoms with van der Waals surface area (Å²) in [7, 11) is 0. The molecular weight excluding hydrogens is 393 g/mol. The van der Waals surface area contributed by atoms with Crippen LogP contribution in [0.5, 0.6) is 0 Å². The number of carbonyl (C=O) groups is 1. The highest BCUT2D eigenvalue weighted by atomic mass is 35.5. The maximum atomic E-state index is 12.9. The first kappa shape index (κ1) is 19.9. The van der Waals surface area contributed by atoms with Crippen LogP contribution in [0.4, 0.5) is 5.69 Å². The van der Waals surface area contributed by atoms with Gasteiger partial charge in [0.2, 0.25) is 0 Å². The lowest BCUT2D eigenvalue weighted by atomic mass is 10.1. The fraction of sp³-hybridized carbons (Fsp3) is 0.0909. The van der Waals surface area contributed by atoms with Gasteiger partial charge in [0.05, 0.1) is 10.6 Å². The second-order valence-electron chi connectivity index (χ2n) is 6.14. The summed E-state index contributed by atoms with van der Waals surface area (Å²) in [4.78, 5) is 17.0. The van der Waals surface area contributed by atoms with Crippen molar-refractivity contribution in [1.29, 1.82) is 0 Å². The first-order valence-corrected chi connectivity index (χ1v) is 9.49. The molecule has 1 aliphatic carbocycles. The Labute approximate surface area is 174 Å². The number of anilines is 1. The lowest BCUT2D eigenvalue weighted by Crippen LogP contribution is -2.20. The first-order valence-electron chi connectivity index (χ1n) is 8.74. The van der Waals surface area contributed by atoms with E-state index >= 15 is 0 Å². The number of carbonyl (C=O) groups excluding carboxylic acids is 1. The number of allylic oxidation sites excluding steroid dienone is 6. The number of para-hydroxylation sites is 1. The van der Waals surface area contributed by atoms with E-state index in [2.05, 4.69) is 15.6 Å². The van der Waals surface area contributed by atoms with Crippen LogP contribution in [-0.2, 0) is 0 Å². The molecule has 0 atom stereocenters. The summed E-state index contributed by atoms with van der Waals surface area (Å²) in [6.07, 6.45) is 12.2. The van der Waals surface area contributed by atoms with Crippen LogP contribution >= 0.6 is 23.2 Å². The van der Waals surface area contributed by atoms with E-state index in [1.807, 2.05) is 60.7 Å². The molecule has 0 bridgehead atoms. The normalized spacial score (nSPS) is 13.7.